The largest absolute Gasteiger partial charge is 0.478 e. The average Bonchev–Trinajstić information content (AvgIpc) is 2.30. The highest BCUT2D eigenvalue weighted by Gasteiger charge is 2.35. The van der Waals surface area contributed by atoms with Crippen LogP contribution in [-0.4, -0.2) is 11.1 Å². The predicted molar refractivity (Wildman–Crippen MR) is 36.3 cm³/mol. The lowest BCUT2D eigenvalue weighted by molar-refractivity contribution is -0.137. The summed E-state index contributed by atoms with van der Waals surface area (Å²) in [5.41, 5.74) is -1.77. The molecule has 0 fully saturated rings. The first-order valence-electron chi connectivity index (χ1n) is 2.79. The SMILES string of the molecule is O=C(O)c1cscc1C(F)(F)F. The Hall–Kier alpha value is -1.04. The zero-order chi connectivity index (χ0) is 9.35. The molecule has 66 valence electrons. The van der Waals surface area contributed by atoms with E-state index in [1.807, 2.05) is 0 Å². The Kier molecular flexibility index (Phi) is 2.10. The molecule has 2 nitrogen and oxygen atoms in total. The summed E-state index contributed by atoms with van der Waals surface area (Å²) in [4.78, 5) is 10.2. The number of carbonyl (C=O) groups is 1. The first-order valence-corrected chi connectivity index (χ1v) is 3.74. The van der Waals surface area contributed by atoms with Crippen LogP contribution >= 0.6 is 11.3 Å². The Morgan fingerprint density at radius 1 is 1.42 bits per heavy atom. The number of carboxylic acid groups (broad SMARTS) is 1. The van der Waals surface area contributed by atoms with Crippen LogP contribution in [0.2, 0.25) is 0 Å². The molecule has 0 unspecified atom stereocenters. The second-order valence-corrected chi connectivity index (χ2v) is 2.75. The standard InChI is InChI=1S/C6H3F3O2S/c7-6(8,9)4-2-12-1-3(4)5(10)11/h1-2H,(H,10,11). The second kappa shape index (κ2) is 2.78. The molecule has 0 spiro atoms. The van der Waals surface area contributed by atoms with Crippen LogP contribution in [0.5, 0.6) is 0 Å². The van der Waals surface area contributed by atoms with Crippen molar-refractivity contribution in [2.45, 2.75) is 6.18 Å². The van der Waals surface area contributed by atoms with Crippen molar-refractivity contribution < 1.29 is 23.1 Å². The van der Waals surface area contributed by atoms with Crippen LogP contribution in [0.3, 0.4) is 0 Å². The van der Waals surface area contributed by atoms with Gasteiger partial charge in [0.2, 0.25) is 0 Å². The molecule has 6 heteroatoms. The lowest BCUT2D eigenvalue weighted by Crippen LogP contribution is -2.09. The molecule has 1 aromatic heterocycles. The van der Waals surface area contributed by atoms with Crippen molar-refractivity contribution >= 4 is 17.3 Å². The molecule has 12 heavy (non-hydrogen) atoms. The van der Waals surface area contributed by atoms with Crippen molar-refractivity contribution in [2.24, 2.45) is 0 Å². The zero-order valence-electron chi connectivity index (χ0n) is 5.55. The molecule has 0 radical (unpaired) electrons. The van der Waals surface area contributed by atoms with Gasteiger partial charge in [-0.15, -0.1) is 0 Å². The molecule has 0 aliphatic rings. The van der Waals surface area contributed by atoms with E-state index in [2.05, 4.69) is 0 Å². The maximum absolute atomic E-state index is 12.0. The van der Waals surface area contributed by atoms with Crippen LogP contribution in [0.4, 0.5) is 13.2 Å². The highest BCUT2D eigenvalue weighted by atomic mass is 32.1. The minimum Gasteiger partial charge on any atom is -0.478 e. The quantitative estimate of drug-likeness (QED) is 0.749. The number of aromatic carboxylic acids is 1. The molecule has 1 aromatic rings. The Morgan fingerprint density at radius 3 is 2.33 bits per heavy atom. The smallest absolute Gasteiger partial charge is 0.418 e. The van der Waals surface area contributed by atoms with Crippen LogP contribution in [0.1, 0.15) is 15.9 Å². The minimum atomic E-state index is -4.58. The van der Waals surface area contributed by atoms with E-state index in [0.29, 0.717) is 0 Å². The first-order chi connectivity index (χ1) is 5.43. The lowest BCUT2D eigenvalue weighted by atomic mass is 10.2. The Labute approximate surface area is 69.3 Å². The van der Waals surface area contributed by atoms with E-state index >= 15 is 0 Å². The number of hydrogen-bond acceptors (Lipinski definition) is 2. The highest BCUT2D eigenvalue weighted by molar-refractivity contribution is 7.08. The minimum absolute atomic E-state index is 0.687. The van der Waals surface area contributed by atoms with Crippen LogP contribution in [-0.2, 0) is 6.18 Å². The molecule has 1 N–H and O–H groups in total. The van der Waals surface area contributed by atoms with Gasteiger partial charge >= 0.3 is 12.1 Å². The molecule has 0 aliphatic heterocycles. The molecule has 0 aliphatic carbocycles. The van der Waals surface area contributed by atoms with Gasteiger partial charge in [0.15, 0.2) is 0 Å². The van der Waals surface area contributed by atoms with Crippen molar-refractivity contribution in [3.8, 4) is 0 Å². The molecular formula is C6H3F3O2S. The van der Waals surface area contributed by atoms with E-state index in [9.17, 15) is 18.0 Å². The lowest BCUT2D eigenvalue weighted by Gasteiger charge is -2.03. The number of carboxylic acids is 1. The average molecular weight is 196 g/mol. The third-order valence-corrected chi connectivity index (χ3v) is 1.94. The van der Waals surface area contributed by atoms with E-state index in [-0.39, 0.29) is 0 Å². The molecule has 0 bridgehead atoms. The topological polar surface area (TPSA) is 37.3 Å². The maximum Gasteiger partial charge on any atom is 0.418 e. The summed E-state index contributed by atoms with van der Waals surface area (Å²) in [6, 6.07) is 0. The van der Waals surface area contributed by atoms with Gasteiger partial charge in [-0.2, -0.15) is 24.5 Å². The van der Waals surface area contributed by atoms with E-state index in [1.54, 1.807) is 0 Å². The van der Waals surface area contributed by atoms with Gasteiger partial charge in [0.1, 0.15) is 0 Å². The fraction of sp³-hybridized carbons (Fsp3) is 0.167. The fourth-order valence-electron chi connectivity index (χ4n) is 0.682. The van der Waals surface area contributed by atoms with Crippen molar-refractivity contribution in [2.75, 3.05) is 0 Å². The number of alkyl halides is 3. The van der Waals surface area contributed by atoms with Crippen LogP contribution in [0.15, 0.2) is 10.8 Å². The fourth-order valence-corrected chi connectivity index (χ4v) is 1.51. The number of halogens is 3. The van der Waals surface area contributed by atoms with Crippen LogP contribution < -0.4 is 0 Å². The molecule has 0 amide bonds. The number of rotatable bonds is 1. The summed E-state index contributed by atoms with van der Waals surface area (Å²) >= 11 is 0.721. The highest BCUT2D eigenvalue weighted by Crippen LogP contribution is 2.33. The van der Waals surface area contributed by atoms with Crippen molar-refractivity contribution in [1.29, 1.82) is 0 Å². The van der Waals surface area contributed by atoms with Gasteiger partial charge in [-0.05, 0) is 0 Å². The first kappa shape index (κ1) is 9.05. The number of hydrogen-bond donors (Lipinski definition) is 1. The van der Waals surface area contributed by atoms with Crippen LogP contribution in [0.25, 0.3) is 0 Å². The molecule has 0 saturated heterocycles. The van der Waals surface area contributed by atoms with E-state index in [1.165, 1.54) is 0 Å². The number of thiophene rings is 1. The Morgan fingerprint density at radius 2 is 2.00 bits per heavy atom. The molecule has 1 heterocycles. The second-order valence-electron chi connectivity index (χ2n) is 2.00. The predicted octanol–water partition coefficient (Wildman–Crippen LogP) is 2.47. The van der Waals surface area contributed by atoms with Gasteiger partial charge in [0, 0.05) is 10.8 Å². The molecule has 0 saturated carbocycles. The summed E-state index contributed by atoms with van der Waals surface area (Å²) in [5.74, 6) is -1.55. The summed E-state index contributed by atoms with van der Waals surface area (Å²) < 4.78 is 36.0. The molecular weight excluding hydrogens is 193 g/mol. The summed E-state index contributed by atoms with van der Waals surface area (Å²) in [6.07, 6.45) is -4.58. The van der Waals surface area contributed by atoms with E-state index in [4.69, 9.17) is 5.11 Å². The van der Waals surface area contributed by atoms with E-state index in [0.717, 1.165) is 22.1 Å². The van der Waals surface area contributed by atoms with Crippen molar-refractivity contribution in [3.05, 3.63) is 21.9 Å². The Balaban J connectivity index is 3.17. The molecule has 0 aromatic carbocycles. The van der Waals surface area contributed by atoms with Crippen molar-refractivity contribution in [1.82, 2.24) is 0 Å². The van der Waals surface area contributed by atoms with Crippen LogP contribution in [0, 0.1) is 0 Å². The van der Waals surface area contributed by atoms with Gasteiger partial charge in [0.05, 0.1) is 11.1 Å². The van der Waals surface area contributed by atoms with Gasteiger partial charge in [-0.1, -0.05) is 0 Å². The Bertz CT molecular complexity index is 302. The van der Waals surface area contributed by atoms with Gasteiger partial charge < -0.3 is 5.11 Å². The normalized spacial score (nSPS) is 11.6. The van der Waals surface area contributed by atoms with Gasteiger partial charge in [-0.3, -0.25) is 0 Å². The zero-order valence-corrected chi connectivity index (χ0v) is 6.37. The van der Waals surface area contributed by atoms with Crippen molar-refractivity contribution in [3.63, 3.8) is 0 Å². The summed E-state index contributed by atoms with van der Waals surface area (Å²) in [6.45, 7) is 0. The third-order valence-electron chi connectivity index (χ3n) is 1.20. The van der Waals surface area contributed by atoms with Gasteiger partial charge in [0.25, 0.3) is 0 Å². The summed E-state index contributed by atoms with van der Waals surface area (Å²) in [5, 5.41) is 10.1. The molecule has 1 rings (SSSR count). The third kappa shape index (κ3) is 1.58. The summed E-state index contributed by atoms with van der Waals surface area (Å²) in [7, 11) is 0. The van der Waals surface area contributed by atoms with Gasteiger partial charge in [-0.25, -0.2) is 4.79 Å². The van der Waals surface area contributed by atoms with E-state index < -0.39 is 23.3 Å². The molecule has 0 atom stereocenters. The maximum atomic E-state index is 12.0. The monoisotopic (exact) mass is 196 g/mol.